The van der Waals surface area contributed by atoms with Crippen molar-refractivity contribution in [3.05, 3.63) is 0 Å². The Balaban J connectivity index is 2.19. The maximum absolute atomic E-state index is 11.1. The standard InChI is InChI=1S/C12H24N2O2S/c1-10(9-17-3)13-11-4-6-14(7-5-11)8-12(15)16-2/h10-11,13H,4-9H2,1-3H3/t10-/m0/s1. The van der Waals surface area contributed by atoms with Crippen LogP contribution >= 0.6 is 11.8 Å². The average Bonchev–Trinajstić information content (AvgIpc) is 2.32. The third-order valence-corrected chi connectivity index (χ3v) is 3.94. The molecule has 1 N–H and O–H groups in total. The molecule has 1 aliphatic rings. The third kappa shape index (κ3) is 5.75. The number of ether oxygens (including phenoxy) is 1. The van der Waals surface area contributed by atoms with Gasteiger partial charge >= 0.3 is 5.97 Å². The molecule has 0 bridgehead atoms. The molecule has 1 fully saturated rings. The first-order chi connectivity index (χ1) is 8.15. The van der Waals surface area contributed by atoms with Crippen molar-refractivity contribution in [3.63, 3.8) is 0 Å². The Bertz CT molecular complexity index is 231. The van der Waals surface area contributed by atoms with Gasteiger partial charge in [0.25, 0.3) is 0 Å². The Labute approximate surface area is 108 Å². The summed E-state index contributed by atoms with van der Waals surface area (Å²) in [4.78, 5) is 13.3. The molecule has 0 unspecified atom stereocenters. The van der Waals surface area contributed by atoms with Crippen LogP contribution < -0.4 is 5.32 Å². The highest BCUT2D eigenvalue weighted by Crippen LogP contribution is 2.11. The topological polar surface area (TPSA) is 41.6 Å². The molecule has 4 nitrogen and oxygen atoms in total. The van der Waals surface area contributed by atoms with Crippen molar-refractivity contribution in [3.8, 4) is 0 Å². The normalized spacial score (nSPS) is 20.2. The number of piperidine rings is 1. The summed E-state index contributed by atoms with van der Waals surface area (Å²) in [6.45, 7) is 4.64. The molecule has 1 atom stereocenters. The lowest BCUT2D eigenvalue weighted by molar-refractivity contribution is -0.142. The van der Waals surface area contributed by atoms with E-state index in [4.69, 9.17) is 0 Å². The van der Waals surface area contributed by atoms with E-state index in [1.807, 2.05) is 11.8 Å². The van der Waals surface area contributed by atoms with E-state index in [0.29, 0.717) is 18.6 Å². The van der Waals surface area contributed by atoms with E-state index < -0.39 is 0 Å². The van der Waals surface area contributed by atoms with Crippen molar-refractivity contribution in [2.75, 3.05) is 38.8 Å². The molecule has 0 spiro atoms. The Morgan fingerprint density at radius 1 is 1.53 bits per heavy atom. The van der Waals surface area contributed by atoms with E-state index in [0.717, 1.165) is 31.7 Å². The zero-order chi connectivity index (χ0) is 12.7. The highest BCUT2D eigenvalue weighted by atomic mass is 32.2. The molecule has 0 saturated carbocycles. The fourth-order valence-electron chi connectivity index (χ4n) is 2.21. The predicted octanol–water partition coefficient (Wildman–Crippen LogP) is 0.965. The Morgan fingerprint density at radius 3 is 2.71 bits per heavy atom. The molecule has 0 aromatic rings. The number of esters is 1. The van der Waals surface area contributed by atoms with E-state index in [2.05, 4.69) is 28.1 Å². The Hall–Kier alpha value is -0.260. The maximum atomic E-state index is 11.1. The molecule has 0 amide bonds. The van der Waals surface area contributed by atoms with Crippen LogP contribution in [0.3, 0.4) is 0 Å². The zero-order valence-corrected chi connectivity index (χ0v) is 11.9. The first-order valence-corrected chi connectivity index (χ1v) is 7.59. The minimum absolute atomic E-state index is 0.132. The van der Waals surface area contributed by atoms with Crippen molar-refractivity contribution < 1.29 is 9.53 Å². The molecule has 1 aliphatic heterocycles. The fraction of sp³-hybridized carbons (Fsp3) is 0.917. The monoisotopic (exact) mass is 260 g/mol. The molecule has 0 aromatic carbocycles. The van der Waals surface area contributed by atoms with Gasteiger partial charge in [-0.3, -0.25) is 9.69 Å². The number of nitrogens with zero attached hydrogens (tertiary/aromatic N) is 1. The van der Waals surface area contributed by atoms with Gasteiger partial charge in [0.1, 0.15) is 0 Å². The van der Waals surface area contributed by atoms with Crippen molar-refractivity contribution in [1.29, 1.82) is 0 Å². The van der Waals surface area contributed by atoms with Gasteiger partial charge in [0.05, 0.1) is 13.7 Å². The van der Waals surface area contributed by atoms with Gasteiger partial charge in [-0.2, -0.15) is 11.8 Å². The molecule has 1 saturated heterocycles. The van der Waals surface area contributed by atoms with Crippen molar-refractivity contribution in [2.24, 2.45) is 0 Å². The van der Waals surface area contributed by atoms with Crippen LogP contribution in [-0.4, -0.2) is 61.7 Å². The molecule has 0 aliphatic carbocycles. The van der Waals surface area contributed by atoms with Gasteiger partial charge in [-0.15, -0.1) is 0 Å². The quantitative estimate of drug-likeness (QED) is 0.721. The summed E-state index contributed by atoms with van der Waals surface area (Å²) in [7, 11) is 1.45. The molecule has 0 aromatic heterocycles. The highest BCUT2D eigenvalue weighted by molar-refractivity contribution is 7.98. The summed E-state index contributed by atoms with van der Waals surface area (Å²) in [5.41, 5.74) is 0. The first kappa shape index (κ1) is 14.8. The van der Waals surface area contributed by atoms with Crippen LogP contribution in [0, 0.1) is 0 Å². The van der Waals surface area contributed by atoms with Gasteiger partial charge in [0, 0.05) is 30.9 Å². The number of hydrogen-bond acceptors (Lipinski definition) is 5. The first-order valence-electron chi connectivity index (χ1n) is 6.20. The minimum atomic E-state index is -0.132. The molecule has 5 heteroatoms. The van der Waals surface area contributed by atoms with Gasteiger partial charge in [-0.1, -0.05) is 0 Å². The summed E-state index contributed by atoms with van der Waals surface area (Å²) in [6, 6.07) is 1.17. The summed E-state index contributed by atoms with van der Waals surface area (Å²) >= 11 is 1.88. The molecule has 1 rings (SSSR count). The number of methoxy groups -OCH3 is 1. The van der Waals surface area contributed by atoms with Crippen molar-refractivity contribution in [2.45, 2.75) is 31.8 Å². The largest absolute Gasteiger partial charge is 0.468 e. The second kappa shape index (κ2) is 7.95. The predicted molar refractivity (Wildman–Crippen MR) is 72.5 cm³/mol. The number of carbonyl (C=O) groups excluding carboxylic acids is 1. The SMILES string of the molecule is COC(=O)CN1CCC(N[C@@H](C)CSC)CC1. The average molecular weight is 260 g/mol. The number of thioether (sulfide) groups is 1. The second-order valence-electron chi connectivity index (χ2n) is 4.65. The maximum Gasteiger partial charge on any atom is 0.319 e. The van der Waals surface area contributed by atoms with Crippen LogP contribution in [0.25, 0.3) is 0 Å². The van der Waals surface area contributed by atoms with E-state index in [9.17, 15) is 4.79 Å². The fourth-order valence-corrected chi connectivity index (χ4v) is 2.80. The Kier molecular flexibility index (Phi) is 6.92. The van der Waals surface area contributed by atoms with Crippen molar-refractivity contribution in [1.82, 2.24) is 10.2 Å². The molecule has 100 valence electrons. The number of likely N-dealkylation sites (tertiary alicyclic amines) is 1. The molecule has 1 heterocycles. The van der Waals surface area contributed by atoms with Gasteiger partial charge in [-0.25, -0.2) is 0 Å². The lowest BCUT2D eigenvalue weighted by Gasteiger charge is -2.33. The van der Waals surface area contributed by atoms with Crippen LogP contribution in [0.15, 0.2) is 0 Å². The summed E-state index contributed by atoms with van der Waals surface area (Å²) in [5.74, 6) is 1.02. The van der Waals surface area contributed by atoms with Crippen LogP contribution in [-0.2, 0) is 9.53 Å². The lowest BCUT2D eigenvalue weighted by Crippen LogP contribution is -2.47. The number of rotatable bonds is 6. The minimum Gasteiger partial charge on any atom is -0.468 e. The van der Waals surface area contributed by atoms with Crippen LogP contribution in [0.5, 0.6) is 0 Å². The van der Waals surface area contributed by atoms with Gasteiger partial charge < -0.3 is 10.1 Å². The number of hydrogen-bond donors (Lipinski definition) is 1. The van der Waals surface area contributed by atoms with Crippen molar-refractivity contribution >= 4 is 17.7 Å². The zero-order valence-electron chi connectivity index (χ0n) is 11.1. The molecule has 0 radical (unpaired) electrons. The Morgan fingerprint density at radius 2 is 2.18 bits per heavy atom. The number of carbonyl (C=O) groups is 1. The summed E-state index contributed by atoms with van der Waals surface area (Å²) in [6.07, 6.45) is 4.38. The second-order valence-corrected chi connectivity index (χ2v) is 5.56. The van der Waals surface area contributed by atoms with Gasteiger partial charge in [0.2, 0.25) is 0 Å². The van der Waals surface area contributed by atoms with E-state index in [-0.39, 0.29) is 5.97 Å². The van der Waals surface area contributed by atoms with E-state index >= 15 is 0 Å². The molecular formula is C12H24N2O2S. The van der Waals surface area contributed by atoms with Crippen LogP contribution in [0.2, 0.25) is 0 Å². The lowest BCUT2D eigenvalue weighted by atomic mass is 10.0. The van der Waals surface area contributed by atoms with Crippen LogP contribution in [0.4, 0.5) is 0 Å². The number of nitrogens with one attached hydrogen (secondary N) is 1. The van der Waals surface area contributed by atoms with E-state index in [1.165, 1.54) is 7.11 Å². The summed E-state index contributed by atoms with van der Waals surface area (Å²) < 4.78 is 4.68. The smallest absolute Gasteiger partial charge is 0.319 e. The molecular weight excluding hydrogens is 236 g/mol. The van der Waals surface area contributed by atoms with E-state index in [1.54, 1.807) is 0 Å². The van der Waals surface area contributed by atoms with Crippen LogP contribution in [0.1, 0.15) is 19.8 Å². The third-order valence-electron chi connectivity index (χ3n) is 3.10. The summed E-state index contributed by atoms with van der Waals surface area (Å²) in [5, 5.41) is 3.64. The molecule has 17 heavy (non-hydrogen) atoms. The van der Waals surface area contributed by atoms with Gasteiger partial charge in [-0.05, 0) is 26.0 Å². The van der Waals surface area contributed by atoms with Gasteiger partial charge in [0.15, 0.2) is 0 Å². The highest BCUT2D eigenvalue weighted by Gasteiger charge is 2.21.